The molecule has 1 heterocycles. The lowest BCUT2D eigenvalue weighted by Gasteiger charge is -2.10. The van der Waals surface area contributed by atoms with Gasteiger partial charge in [-0.05, 0) is 0 Å². The smallest absolute Gasteiger partial charge is 0.338 e. The number of thiol groups is 1. The van der Waals surface area contributed by atoms with E-state index in [1.54, 1.807) is 6.92 Å². The Bertz CT molecular complexity index is 292. The van der Waals surface area contributed by atoms with Crippen LogP contribution in [0.15, 0.2) is 0 Å². The maximum absolute atomic E-state index is 11.3. The monoisotopic (exact) mass is 231 g/mol. The zero-order valence-electron chi connectivity index (χ0n) is 8.36. The predicted octanol–water partition coefficient (Wildman–Crippen LogP) is -0.447. The van der Waals surface area contributed by atoms with Crippen molar-refractivity contribution in [1.29, 1.82) is 0 Å². The Morgan fingerprint density at radius 1 is 1.67 bits per heavy atom. The van der Waals surface area contributed by atoms with Crippen LogP contribution in [-0.2, 0) is 19.1 Å². The quantitative estimate of drug-likeness (QED) is 0.391. The van der Waals surface area contributed by atoms with Crippen LogP contribution in [0.2, 0.25) is 0 Å². The van der Waals surface area contributed by atoms with E-state index in [-0.39, 0.29) is 5.78 Å². The minimum atomic E-state index is -0.971. The molecule has 5 nitrogen and oxygen atoms in total. The summed E-state index contributed by atoms with van der Waals surface area (Å²) in [5, 5.41) is 2.67. The van der Waals surface area contributed by atoms with E-state index in [0.29, 0.717) is 18.7 Å². The maximum Gasteiger partial charge on any atom is 0.338 e. The van der Waals surface area contributed by atoms with Crippen molar-refractivity contribution < 1.29 is 19.1 Å². The first-order chi connectivity index (χ1) is 7.06. The topological polar surface area (TPSA) is 72.5 Å². The van der Waals surface area contributed by atoms with Gasteiger partial charge in [0.2, 0.25) is 0 Å². The van der Waals surface area contributed by atoms with Crippen LogP contribution in [0, 0.1) is 5.92 Å². The van der Waals surface area contributed by atoms with Crippen molar-refractivity contribution in [3.8, 4) is 0 Å². The van der Waals surface area contributed by atoms with Crippen molar-refractivity contribution in [2.75, 3.05) is 12.3 Å². The van der Waals surface area contributed by atoms with E-state index in [1.807, 2.05) is 0 Å². The third-order valence-electron chi connectivity index (χ3n) is 2.15. The van der Waals surface area contributed by atoms with E-state index in [2.05, 4.69) is 22.7 Å². The molecule has 1 aliphatic rings. The van der Waals surface area contributed by atoms with Crippen LogP contribution in [0.1, 0.15) is 13.3 Å². The minimum Gasteiger partial charge on any atom is -0.391 e. The number of hydrogen-bond donors (Lipinski definition) is 2. The van der Waals surface area contributed by atoms with Crippen LogP contribution in [0.5, 0.6) is 0 Å². The summed E-state index contributed by atoms with van der Waals surface area (Å²) in [5.74, 6) is -1.83. The average Bonchev–Trinajstić information content (AvgIpc) is 2.63. The number of rotatable bonds is 3. The molecule has 2 atom stereocenters. The molecule has 1 saturated heterocycles. The van der Waals surface area contributed by atoms with E-state index >= 15 is 0 Å². The van der Waals surface area contributed by atoms with Gasteiger partial charge in [0, 0.05) is 18.7 Å². The van der Waals surface area contributed by atoms with E-state index in [4.69, 9.17) is 0 Å². The fraction of sp³-hybridized carbons (Fsp3) is 0.667. The molecule has 15 heavy (non-hydrogen) atoms. The lowest BCUT2D eigenvalue weighted by molar-refractivity contribution is -0.163. The van der Waals surface area contributed by atoms with E-state index in [9.17, 15) is 14.4 Å². The summed E-state index contributed by atoms with van der Waals surface area (Å²) in [7, 11) is 0. The second-order valence-electron chi connectivity index (χ2n) is 3.43. The predicted molar refractivity (Wildman–Crippen MR) is 55.5 cm³/mol. The molecule has 1 unspecified atom stereocenters. The molecule has 0 aromatic heterocycles. The highest BCUT2D eigenvalue weighted by Crippen LogP contribution is 2.06. The van der Waals surface area contributed by atoms with Gasteiger partial charge in [-0.25, -0.2) is 4.79 Å². The second kappa shape index (κ2) is 5.27. The summed E-state index contributed by atoms with van der Waals surface area (Å²) in [6, 6.07) is -0.971. The first-order valence-corrected chi connectivity index (χ1v) is 5.32. The maximum atomic E-state index is 11.3. The number of hydrogen-bond acceptors (Lipinski definition) is 6. The fourth-order valence-corrected chi connectivity index (χ4v) is 1.29. The van der Waals surface area contributed by atoms with Gasteiger partial charge in [-0.15, -0.1) is 0 Å². The standard InChI is InChI=1S/C9H13NO4S/c1-5(4-15)8(12)14-9(13)7-6(11)2-3-10-7/h5,7,10,15H,2-4H2,1H3/t5?,7-/m0/s1. The van der Waals surface area contributed by atoms with E-state index in [1.165, 1.54) is 0 Å². The van der Waals surface area contributed by atoms with Gasteiger partial charge in [-0.1, -0.05) is 6.92 Å². The molecule has 84 valence electrons. The molecule has 1 fully saturated rings. The molecule has 0 spiro atoms. The van der Waals surface area contributed by atoms with Gasteiger partial charge >= 0.3 is 11.9 Å². The van der Waals surface area contributed by atoms with Crippen molar-refractivity contribution in [2.45, 2.75) is 19.4 Å². The molecule has 0 saturated carbocycles. The zero-order chi connectivity index (χ0) is 11.4. The summed E-state index contributed by atoms with van der Waals surface area (Å²) >= 11 is 3.91. The third kappa shape index (κ3) is 3.04. The van der Waals surface area contributed by atoms with E-state index < -0.39 is 23.9 Å². The highest BCUT2D eigenvalue weighted by molar-refractivity contribution is 7.80. The van der Waals surface area contributed by atoms with Crippen molar-refractivity contribution >= 4 is 30.4 Å². The van der Waals surface area contributed by atoms with Gasteiger partial charge in [0.05, 0.1) is 5.92 Å². The van der Waals surface area contributed by atoms with Crippen LogP contribution >= 0.6 is 12.6 Å². The van der Waals surface area contributed by atoms with Crippen LogP contribution in [-0.4, -0.2) is 36.1 Å². The van der Waals surface area contributed by atoms with Gasteiger partial charge < -0.3 is 4.74 Å². The van der Waals surface area contributed by atoms with Gasteiger partial charge in [0.1, 0.15) is 0 Å². The van der Waals surface area contributed by atoms with Crippen LogP contribution < -0.4 is 5.32 Å². The molecule has 6 heteroatoms. The van der Waals surface area contributed by atoms with Gasteiger partial charge in [-0.3, -0.25) is 14.9 Å². The fourth-order valence-electron chi connectivity index (χ4n) is 1.15. The molecule has 1 rings (SSSR count). The largest absolute Gasteiger partial charge is 0.391 e. The highest BCUT2D eigenvalue weighted by atomic mass is 32.1. The first-order valence-electron chi connectivity index (χ1n) is 4.68. The number of ether oxygens (including phenoxy) is 1. The molecule has 0 amide bonds. The van der Waals surface area contributed by atoms with Gasteiger partial charge in [-0.2, -0.15) is 12.6 Å². The SMILES string of the molecule is CC(CS)C(=O)OC(=O)[C@H]1NCCC1=O. The molecule has 0 aromatic rings. The lowest BCUT2D eigenvalue weighted by atomic mass is 10.2. The van der Waals surface area contributed by atoms with Gasteiger partial charge in [0.15, 0.2) is 11.8 Å². The number of esters is 2. The normalized spacial score (nSPS) is 22.5. The summed E-state index contributed by atoms with van der Waals surface area (Å²) in [6.07, 6.45) is 0.302. The molecule has 1 N–H and O–H groups in total. The average molecular weight is 231 g/mol. The Balaban J connectivity index is 2.48. The molecule has 0 bridgehead atoms. The Labute approximate surface area is 93.0 Å². The number of Topliss-reactive ketones (excluding diaryl/α,β-unsaturated/α-hetero) is 1. The van der Waals surface area contributed by atoms with Crippen molar-refractivity contribution in [3.05, 3.63) is 0 Å². The number of carbonyl (C=O) groups is 3. The summed E-state index contributed by atoms with van der Waals surface area (Å²) in [6.45, 7) is 2.06. The molecule has 0 aromatic carbocycles. The van der Waals surface area contributed by atoms with Gasteiger partial charge in [0.25, 0.3) is 0 Å². The molecule has 1 aliphatic heterocycles. The Morgan fingerprint density at radius 3 is 2.80 bits per heavy atom. The minimum absolute atomic E-state index is 0.230. The second-order valence-corrected chi connectivity index (χ2v) is 3.79. The summed E-state index contributed by atoms with van der Waals surface area (Å²) < 4.78 is 4.55. The summed E-state index contributed by atoms with van der Waals surface area (Å²) in [5.41, 5.74) is 0. The Morgan fingerprint density at radius 2 is 2.33 bits per heavy atom. The van der Waals surface area contributed by atoms with E-state index in [0.717, 1.165) is 0 Å². The lowest BCUT2D eigenvalue weighted by Crippen LogP contribution is -2.39. The molecular formula is C9H13NO4S. The van der Waals surface area contributed by atoms with Crippen LogP contribution in [0.25, 0.3) is 0 Å². The zero-order valence-corrected chi connectivity index (χ0v) is 9.25. The first kappa shape index (κ1) is 12.2. The van der Waals surface area contributed by atoms with Crippen LogP contribution in [0.4, 0.5) is 0 Å². The Kier molecular flexibility index (Phi) is 4.28. The molecule has 0 radical (unpaired) electrons. The van der Waals surface area contributed by atoms with Crippen molar-refractivity contribution in [1.82, 2.24) is 5.32 Å². The van der Waals surface area contributed by atoms with Crippen molar-refractivity contribution in [3.63, 3.8) is 0 Å². The number of ketones is 1. The molecular weight excluding hydrogens is 218 g/mol. The highest BCUT2D eigenvalue weighted by Gasteiger charge is 2.33. The Hall–Kier alpha value is -0.880. The number of carbonyl (C=O) groups excluding carboxylic acids is 3. The number of nitrogens with one attached hydrogen (secondary N) is 1. The molecule has 0 aliphatic carbocycles. The summed E-state index contributed by atoms with van der Waals surface area (Å²) in [4.78, 5) is 33.7. The van der Waals surface area contributed by atoms with Crippen LogP contribution in [0.3, 0.4) is 0 Å². The third-order valence-corrected chi connectivity index (χ3v) is 2.70. The van der Waals surface area contributed by atoms with Crippen molar-refractivity contribution in [2.24, 2.45) is 5.92 Å².